The quantitative estimate of drug-likeness (QED) is 0.456. The molecule has 7 heteroatoms. The average Bonchev–Trinajstić information content (AvgIpc) is 3.02. The molecule has 0 atom stereocenters. The molecule has 0 bridgehead atoms. The zero-order valence-corrected chi connectivity index (χ0v) is 17.5. The zero-order valence-electron chi connectivity index (χ0n) is 16.7. The van der Waals surface area contributed by atoms with E-state index in [1.54, 1.807) is 0 Å². The number of ether oxygens (including phenoxy) is 1. The zero-order chi connectivity index (χ0) is 20.0. The molecule has 0 aliphatic carbocycles. The van der Waals surface area contributed by atoms with Crippen LogP contribution < -0.4 is 0 Å². The Morgan fingerprint density at radius 1 is 1.07 bits per heavy atom. The molecule has 28 heavy (non-hydrogen) atoms. The number of benzene rings is 1. The Bertz CT molecular complexity index is 1030. The van der Waals surface area contributed by atoms with Gasteiger partial charge in [0.25, 0.3) is 0 Å². The van der Waals surface area contributed by atoms with Gasteiger partial charge in [0.2, 0.25) is 0 Å². The summed E-state index contributed by atoms with van der Waals surface area (Å²) in [7, 11) is -3.00. The lowest BCUT2D eigenvalue weighted by Gasteiger charge is -2.11. The summed E-state index contributed by atoms with van der Waals surface area (Å²) < 4.78 is 30.4. The van der Waals surface area contributed by atoms with E-state index < -0.39 is 9.84 Å². The van der Waals surface area contributed by atoms with Crippen molar-refractivity contribution in [3.63, 3.8) is 0 Å². The first-order valence-corrected chi connectivity index (χ1v) is 12.0. The first-order chi connectivity index (χ1) is 13.5. The summed E-state index contributed by atoms with van der Waals surface area (Å²) in [6, 6.07) is 8.09. The minimum atomic E-state index is -3.00. The minimum Gasteiger partial charge on any atom is -0.379 e. The van der Waals surface area contributed by atoms with E-state index in [-0.39, 0.29) is 12.4 Å². The molecule has 0 saturated heterocycles. The highest BCUT2D eigenvalue weighted by Gasteiger charge is 2.14. The fourth-order valence-electron chi connectivity index (χ4n) is 3.42. The molecule has 0 N–H and O–H groups in total. The standard InChI is InChI=1S/C21H29N3O3S/c1-3-4-5-6-11-20-23-19-16-22-18-10-8-7-9-17(18)21(19)24(20)12-13-27-14-15-28(2,25)26/h7-10,16H,3-6,11-15H2,1-2H3. The van der Waals surface area contributed by atoms with Gasteiger partial charge >= 0.3 is 0 Å². The van der Waals surface area contributed by atoms with Crippen LogP contribution in [0.25, 0.3) is 21.9 Å². The fraction of sp³-hybridized carbons (Fsp3) is 0.524. The Morgan fingerprint density at radius 2 is 1.89 bits per heavy atom. The molecular formula is C21H29N3O3S. The smallest absolute Gasteiger partial charge is 0.149 e. The summed E-state index contributed by atoms with van der Waals surface area (Å²) in [4.78, 5) is 9.38. The second-order valence-corrected chi connectivity index (χ2v) is 9.50. The molecule has 152 valence electrons. The monoisotopic (exact) mass is 403 g/mol. The number of aromatic nitrogens is 3. The Hall–Kier alpha value is -1.99. The summed E-state index contributed by atoms with van der Waals surface area (Å²) in [5.74, 6) is 1.10. The summed E-state index contributed by atoms with van der Waals surface area (Å²) in [5, 5.41) is 1.09. The fourth-order valence-corrected chi connectivity index (χ4v) is 3.84. The van der Waals surface area contributed by atoms with E-state index in [1.807, 2.05) is 24.4 Å². The van der Waals surface area contributed by atoms with Crippen LogP contribution in [0.15, 0.2) is 30.5 Å². The van der Waals surface area contributed by atoms with E-state index in [4.69, 9.17) is 9.72 Å². The molecule has 2 heterocycles. The van der Waals surface area contributed by atoms with Gasteiger partial charge in [-0.1, -0.05) is 44.4 Å². The second-order valence-electron chi connectivity index (χ2n) is 7.24. The first-order valence-electron chi connectivity index (χ1n) is 9.98. The van der Waals surface area contributed by atoms with Crippen molar-refractivity contribution in [2.75, 3.05) is 25.2 Å². The summed E-state index contributed by atoms with van der Waals surface area (Å²) >= 11 is 0. The van der Waals surface area contributed by atoms with Gasteiger partial charge in [-0.05, 0) is 12.5 Å². The number of unbranched alkanes of at least 4 members (excludes halogenated alkanes) is 3. The molecule has 0 radical (unpaired) electrons. The van der Waals surface area contributed by atoms with Crippen molar-refractivity contribution in [3.8, 4) is 0 Å². The Kier molecular flexibility index (Phi) is 7.02. The normalized spacial score (nSPS) is 12.2. The highest BCUT2D eigenvalue weighted by atomic mass is 32.2. The van der Waals surface area contributed by atoms with Crippen molar-refractivity contribution in [2.24, 2.45) is 0 Å². The maximum absolute atomic E-state index is 11.3. The number of sulfone groups is 1. The predicted octanol–water partition coefficient (Wildman–Crippen LogP) is 3.77. The number of aryl methyl sites for hydroxylation is 1. The Labute approximate surface area is 166 Å². The number of para-hydroxylation sites is 1. The third kappa shape index (κ3) is 5.29. The van der Waals surface area contributed by atoms with Crippen molar-refractivity contribution in [1.29, 1.82) is 0 Å². The predicted molar refractivity (Wildman–Crippen MR) is 113 cm³/mol. The topological polar surface area (TPSA) is 74.1 Å². The molecule has 0 saturated carbocycles. The van der Waals surface area contributed by atoms with Crippen LogP contribution in [0.2, 0.25) is 0 Å². The molecule has 3 rings (SSSR count). The van der Waals surface area contributed by atoms with Crippen LogP contribution in [-0.2, 0) is 27.5 Å². The van der Waals surface area contributed by atoms with Crippen LogP contribution in [0.5, 0.6) is 0 Å². The highest BCUT2D eigenvalue weighted by molar-refractivity contribution is 7.90. The van der Waals surface area contributed by atoms with Gasteiger partial charge in [0.1, 0.15) is 21.2 Å². The number of fused-ring (bicyclic) bond motifs is 3. The van der Waals surface area contributed by atoms with Gasteiger partial charge in [-0.2, -0.15) is 0 Å². The van der Waals surface area contributed by atoms with Gasteiger partial charge in [0.15, 0.2) is 0 Å². The van der Waals surface area contributed by atoms with Gasteiger partial charge in [-0.25, -0.2) is 13.4 Å². The molecule has 0 spiro atoms. The summed E-state index contributed by atoms with van der Waals surface area (Å²) in [6.07, 6.45) is 8.74. The molecule has 1 aromatic carbocycles. The molecule has 0 aliphatic rings. The lowest BCUT2D eigenvalue weighted by Crippen LogP contribution is -2.14. The molecule has 2 aromatic heterocycles. The van der Waals surface area contributed by atoms with Crippen LogP contribution in [0.1, 0.15) is 38.4 Å². The molecule has 3 aromatic rings. The van der Waals surface area contributed by atoms with Gasteiger partial charge in [-0.3, -0.25) is 4.98 Å². The van der Waals surface area contributed by atoms with Gasteiger partial charge in [0, 0.05) is 24.6 Å². The van der Waals surface area contributed by atoms with Crippen molar-refractivity contribution >= 4 is 31.8 Å². The van der Waals surface area contributed by atoms with E-state index in [1.165, 1.54) is 25.5 Å². The van der Waals surface area contributed by atoms with Crippen LogP contribution in [0, 0.1) is 0 Å². The molecule has 0 fully saturated rings. The van der Waals surface area contributed by atoms with Crippen LogP contribution in [-0.4, -0.2) is 48.2 Å². The van der Waals surface area contributed by atoms with Crippen molar-refractivity contribution in [1.82, 2.24) is 14.5 Å². The number of imidazole rings is 1. The average molecular weight is 404 g/mol. The maximum Gasteiger partial charge on any atom is 0.149 e. The third-order valence-electron chi connectivity index (χ3n) is 4.87. The highest BCUT2D eigenvalue weighted by Crippen LogP contribution is 2.25. The largest absolute Gasteiger partial charge is 0.379 e. The Balaban J connectivity index is 1.83. The van der Waals surface area contributed by atoms with Crippen molar-refractivity contribution in [3.05, 3.63) is 36.3 Å². The number of pyridine rings is 1. The lowest BCUT2D eigenvalue weighted by molar-refractivity contribution is 0.140. The molecular weight excluding hydrogens is 374 g/mol. The van der Waals surface area contributed by atoms with Crippen LogP contribution in [0.3, 0.4) is 0 Å². The number of nitrogens with zero attached hydrogens (tertiary/aromatic N) is 3. The number of hydrogen-bond acceptors (Lipinski definition) is 5. The van der Waals surface area contributed by atoms with E-state index in [0.717, 1.165) is 40.6 Å². The van der Waals surface area contributed by atoms with Crippen LogP contribution in [0.4, 0.5) is 0 Å². The maximum atomic E-state index is 11.3. The van der Waals surface area contributed by atoms with E-state index >= 15 is 0 Å². The number of hydrogen-bond donors (Lipinski definition) is 0. The molecule has 0 aliphatic heterocycles. The molecule has 6 nitrogen and oxygen atoms in total. The number of rotatable bonds is 11. The SMILES string of the molecule is CCCCCCc1nc2cnc3ccccc3c2n1CCOCCS(C)(=O)=O. The summed E-state index contributed by atoms with van der Waals surface area (Å²) in [5.41, 5.74) is 2.94. The second kappa shape index (κ2) is 9.47. The minimum absolute atomic E-state index is 0.0500. The lowest BCUT2D eigenvalue weighted by atomic mass is 10.1. The van der Waals surface area contributed by atoms with E-state index in [9.17, 15) is 8.42 Å². The molecule has 0 amide bonds. The van der Waals surface area contributed by atoms with E-state index in [2.05, 4.69) is 22.5 Å². The molecule has 0 unspecified atom stereocenters. The third-order valence-corrected chi connectivity index (χ3v) is 5.78. The van der Waals surface area contributed by atoms with Crippen molar-refractivity contribution in [2.45, 2.75) is 45.6 Å². The van der Waals surface area contributed by atoms with Gasteiger partial charge in [0.05, 0.1) is 36.2 Å². The van der Waals surface area contributed by atoms with Crippen LogP contribution >= 0.6 is 0 Å². The van der Waals surface area contributed by atoms with Gasteiger partial charge < -0.3 is 9.30 Å². The summed E-state index contributed by atoms with van der Waals surface area (Å²) in [6.45, 7) is 3.54. The Morgan fingerprint density at radius 3 is 2.68 bits per heavy atom. The van der Waals surface area contributed by atoms with Gasteiger partial charge in [-0.15, -0.1) is 0 Å². The van der Waals surface area contributed by atoms with E-state index in [0.29, 0.717) is 13.2 Å². The van der Waals surface area contributed by atoms with Crippen molar-refractivity contribution < 1.29 is 13.2 Å². The first kappa shape index (κ1) is 20.7.